The van der Waals surface area contributed by atoms with Gasteiger partial charge in [0.25, 0.3) is 0 Å². The van der Waals surface area contributed by atoms with Gasteiger partial charge in [0.2, 0.25) is 0 Å². The number of benzene rings is 4. The Morgan fingerprint density at radius 3 is 1.93 bits per heavy atom. The molecule has 0 aliphatic carbocycles. The third-order valence-corrected chi connectivity index (χ3v) is 7.05. The predicted molar refractivity (Wildman–Crippen MR) is 179 cm³/mol. The van der Waals surface area contributed by atoms with Crippen LogP contribution in [0, 0.1) is 0 Å². The fraction of sp³-hybridized carbons (Fsp3) is 0.306. The molecule has 3 heterocycles. The third kappa shape index (κ3) is 10.7. The Morgan fingerprint density at radius 2 is 1.33 bits per heavy atom. The lowest BCUT2D eigenvalue weighted by Gasteiger charge is -2.30. The zero-order chi connectivity index (χ0) is 31.5. The molecule has 9 nitrogen and oxygen atoms in total. The Labute approximate surface area is 266 Å². The molecule has 2 aliphatic heterocycles. The van der Waals surface area contributed by atoms with Crippen molar-refractivity contribution in [2.45, 2.75) is 12.8 Å². The minimum absolute atomic E-state index is 0.720. The number of imidazole rings is 1. The van der Waals surface area contributed by atoms with Crippen LogP contribution in [0.5, 0.6) is 5.75 Å². The molecule has 0 amide bonds. The summed E-state index contributed by atoms with van der Waals surface area (Å²) >= 11 is 0. The maximum absolute atomic E-state index is 5.48. The van der Waals surface area contributed by atoms with Crippen LogP contribution >= 0.6 is 0 Å². The number of H-pyrrole nitrogens is 1. The zero-order valence-corrected chi connectivity index (χ0v) is 26.4. The highest BCUT2D eigenvalue weighted by Gasteiger charge is 2.21. The SMILES string of the molecule is COCCCOc1ccccc1.CON1CCOCC1.CON1c2ccccc2Cc2ccccc21.c1ccc2[nH]cnc2c1. The van der Waals surface area contributed by atoms with E-state index in [0.717, 1.165) is 80.5 Å². The summed E-state index contributed by atoms with van der Waals surface area (Å²) in [6.45, 7) is 4.87. The van der Waals surface area contributed by atoms with Crippen LogP contribution in [0.1, 0.15) is 17.5 Å². The maximum atomic E-state index is 5.48. The molecule has 45 heavy (non-hydrogen) atoms. The molecule has 0 atom stereocenters. The number of aromatic amines is 1. The van der Waals surface area contributed by atoms with Gasteiger partial charge in [-0.3, -0.25) is 4.84 Å². The number of para-hydroxylation sites is 5. The fourth-order valence-electron chi connectivity index (χ4n) is 4.77. The third-order valence-electron chi connectivity index (χ3n) is 7.05. The first-order valence-corrected chi connectivity index (χ1v) is 15.1. The molecule has 1 fully saturated rings. The molecule has 0 bridgehead atoms. The van der Waals surface area contributed by atoms with Gasteiger partial charge in [-0.2, -0.15) is 5.06 Å². The van der Waals surface area contributed by atoms with Gasteiger partial charge >= 0.3 is 0 Å². The van der Waals surface area contributed by atoms with E-state index >= 15 is 0 Å². The highest BCUT2D eigenvalue weighted by Crippen LogP contribution is 2.38. The topological polar surface area (TPSA) is 81.3 Å². The molecule has 1 N–H and O–H groups in total. The standard InChI is InChI=1S/C14H13NO.C10H14O2.C7H6N2.C5H11NO2/c1-16-15-13-8-4-2-6-11(13)10-12-7-3-5-9-14(12)15;1-11-8-5-9-12-10-6-3-2-4-7-10;1-2-4-7-6(3-1)8-5-9-7;1-7-6-2-4-8-5-3-6/h2-9H,10H2,1H3;2-4,6-7H,5,8-9H2,1H3;1-5H,(H,8,9);2-5H2,1H3. The molecule has 7 rings (SSSR count). The number of fused-ring (bicyclic) bond motifs is 3. The summed E-state index contributed by atoms with van der Waals surface area (Å²) in [5.41, 5.74) is 7.02. The molecule has 2 aliphatic rings. The lowest BCUT2D eigenvalue weighted by Crippen LogP contribution is -2.35. The number of morpholine rings is 1. The molecule has 0 spiro atoms. The molecule has 238 valence electrons. The van der Waals surface area contributed by atoms with Gasteiger partial charge in [-0.15, -0.1) is 0 Å². The Morgan fingerprint density at radius 1 is 0.711 bits per heavy atom. The van der Waals surface area contributed by atoms with Crippen LogP contribution in [-0.4, -0.2) is 75.9 Å². The number of rotatable bonds is 7. The van der Waals surface area contributed by atoms with E-state index in [1.54, 1.807) is 27.7 Å². The van der Waals surface area contributed by atoms with Crippen molar-refractivity contribution >= 4 is 22.4 Å². The molecule has 1 aromatic heterocycles. The van der Waals surface area contributed by atoms with Gasteiger partial charge in [-0.05, 0) is 47.5 Å². The van der Waals surface area contributed by atoms with Crippen LogP contribution in [0.3, 0.4) is 0 Å². The van der Waals surface area contributed by atoms with Gasteiger partial charge in [0.05, 0.1) is 62.8 Å². The summed E-state index contributed by atoms with van der Waals surface area (Å²) in [6.07, 6.45) is 3.61. The molecular weight excluding hydrogens is 568 g/mol. The number of methoxy groups -OCH3 is 1. The summed E-state index contributed by atoms with van der Waals surface area (Å²) in [4.78, 5) is 17.5. The quantitative estimate of drug-likeness (QED) is 0.200. The molecular formula is C36H44N4O5. The van der Waals surface area contributed by atoms with Crippen molar-refractivity contribution in [1.82, 2.24) is 15.0 Å². The number of hydrogen-bond donors (Lipinski definition) is 1. The summed E-state index contributed by atoms with van der Waals surface area (Å²) in [6, 6.07) is 34.5. The second kappa shape index (κ2) is 19.2. The predicted octanol–water partition coefficient (Wildman–Crippen LogP) is 6.84. The molecule has 5 aromatic rings. The Kier molecular flexibility index (Phi) is 14.4. The number of hydroxylamine groups is 2. The van der Waals surface area contributed by atoms with E-state index in [4.69, 9.17) is 23.9 Å². The highest BCUT2D eigenvalue weighted by molar-refractivity contribution is 5.74. The summed E-state index contributed by atoms with van der Waals surface area (Å²) in [5, 5.41) is 3.79. The number of ether oxygens (including phenoxy) is 3. The average Bonchev–Trinajstić information content (AvgIpc) is 3.60. The van der Waals surface area contributed by atoms with E-state index in [0.29, 0.717) is 0 Å². The molecule has 1 saturated heterocycles. The van der Waals surface area contributed by atoms with Gasteiger partial charge in [-0.1, -0.05) is 66.7 Å². The molecule has 0 saturated carbocycles. The van der Waals surface area contributed by atoms with Gasteiger partial charge in [0, 0.05) is 39.6 Å². The summed E-state index contributed by atoms with van der Waals surface area (Å²) in [5.74, 6) is 0.925. The van der Waals surface area contributed by atoms with Crippen LogP contribution < -0.4 is 9.80 Å². The highest BCUT2D eigenvalue weighted by atomic mass is 16.7. The molecule has 0 radical (unpaired) electrons. The van der Waals surface area contributed by atoms with Crippen LogP contribution in [0.25, 0.3) is 11.0 Å². The van der Waals surface area contributed by atoms with E-state index < -0.39 is 0 Å². The Balaban J connectivity index is 0.000000142. The fourth-order valence-corrected chi connectivity index (χ4v) is 4.77. The number of hydrogen-bond acceptors (Lipinski definition) is 8. The number of nitrogens with zero attached hydrogens (tertiary/aromatic N) is 3. The minimum Gasteiger partial charge on any atom is -0.494 e. The molecule has 9 heteroatoms. The van der Waals surface area contributed by atoms with E-state index in [2.05, 4.69) is 46.4 Å². The first kappa shape index (κ1) is 33.6. The van der Waals surface area contributed by atoms with Crippen molar-refractivity contribution < 1.29 is 23.9 Å². The average molecular weight is 613 g/mol. The smallest absolute Gasteiger partial charge is 0.119 e. The van der Waals surface area contributed by atoms with Crippen molar-refractivity contribution in [3.05, 3.63) is 121 Å². The van der Waals surface area contributed by atoms with Crippen LogP contribution in [0.15, 0.2) is 109 Å². The Bertz CT molecular complexity index is 1430. The minimum atomic E-state index is 0.720. The van der Waals surface area contributed by atoms with Gasteiger partial charge < -0.3 is 24.0 Å². The van der Waals surface area contributed by atoms with Crippen molar-refractivity contribution in [3.63, 3.8) is 0 Å². The second-order valence-corrected chi connectivity index (χ2v) is 10.1. The van der Waals surface area contributed by atoms with Crippen LogP contribution in [0.4, 0.5) is 11.4 Å². The van der Waals surface area contributed by atoms with Gasteiger partial charge in [0.1, 0.15) is 5.75 Å². The van der Waals surface area contributed by atoms with Gasteiger partial charge in [0.15, 0.2) is 0 Å². The van der Waals surface area contributed by atoms with Gasteiger partial charge in [-0.25, -0.2) is 10.0 Å². The van der Waals surface area contributed by atoms with Crippen molar-refractivity contribution in [2.75, 3.05) is 65.9 Å². The molecule has 0 unspecified atom stereocenters. The lowest BCUT2D eigenvalue weighted by atomic mass is 9.97. The monoisotopic (exact) mass is 612 g/mol. The number of anilines is 2. The Hall–Kier alpha value is -4.25. The van der Waals surface area contributed by atoms with E-state index in [-0.39, 0.29) is 0 Å². The van der Waals surface area contributed by atoms with Crippen LogP contribution in [-0.2, 0) is 25.6 Å². The number of nitrogens with one attached hydrogen (secondary N) is 1. The van der Waals surface area contributed by atoms with Crippen molar-refractivity contribution in [1.29, 1.82) is 0 Å². The van der Waals surface area contributed by atoms with Crippen molar-refractivity contribution in [3.8, 4) is 5.75 Å². The molecule has 4 aromatic carbocycles. The van der Waals surface area contributed by atoms with E-state index in [9.17, 15) is 0 Å². The van der Waals surface area contributed by atoms with E-state index in [1.165, 1.54) is 11.1 Å². The lowest BCUT2D eigenvalue weighted by molar-refractivity contribution is -0.171. The second-order valence-electron chi connectivity index (χ2n) is 10.1. The normalized spacial score (nSPS) is 13.5. The van der Waals surface area contributed by atoms with E-state index in [1.807, 2.05) is 76.9 Å². The summed E-state index contributed by atoms with van der Waals surface area (Å²) in [7, 11) is 5.09. The first-order valence-electron chi connectivity index (χ1n) is 15.1. The zero-order valence-electron chi connectivity index (χ0n) is 26.4. The largest absolute Gasteiger partial charge is 0.494 e. The first-order chi connectivity index (χ1) is 22.2. The van der Waals surface area contributed by atoms with Crippen LogP contribution in [0.2, 0.25) is 0 Å². The number of aromatic nitrogens is 2. The maximum Gasteiger partial charge on any atom is 0.119 e. The van der Waals surface area contributed by atoms with Crippen molar-refractivity contribution in [2.24, 2.45) is 0 Å². The summed E-state index contributed by atoms with van der Waals surface area (Å²) < 4.78 is 15.4.